The molecule has 3 rings (SSSR count). The van der Waals surface area contributed by atoms with Crippen molar-refractivity contribution in [3.8, 4) is 11.5 Å². The monoisotopic (exact) mass is 447 g/mol. The van der Waals surface area contributed by atoms with Gasteiger partial charge in [-0.15, -0.1) is 0 Å². The van der Waals surface area contributed by atoms with Gasteiger partial charge in [-0.2, -0.15) is 0 Å². The van der Waals surface area contributed by atoms with E-state index in [0.29, 0.717) is 43.3 Å². The molecular formula is C26H29N3O4. The highest BCUT2D eigenvalue weighted by atomic mass is 16.5. The third-order valence-electron chi connectivity index (χ3n) is 4.61. The fourth-order valence-electron chi connectivity index (χ4n) is 3.13. The number of carbonyl (C=O) groups excluding carboxylic acids is 2. The van der Waals surface area contributed by atoms with E-state index in [1.165, 1.54) is 0 Å². The van der Waals surface area contributed by atoms with Gasteiger partial charge in [-0.05, 0) is 56.1 Å². The lowest BCUT2D eigenvalue weighted by molar-refractivity contribution is -0.116. The molecule has 0 saturated heterocycles. The standard InChI is InChI=1S/C26H29N3O4/c1-29(2)19-25(30)28-21-10-8-9-20(17-21)18-27-26(31)23-13-6-7-14-24(23)33-16-15-32-22-11-4-3-5-12-22/h3-14,17H,15-16,18-19H2,1-2H3,(H,27,31)(H,28,30). The highest BCUT2D eigenvalue weighted by molar-refractivity contribution is 5.97. The first-order valence-electron chi connectivity index (χ1n) is 10.7. The highest BCUT2D eigenvalue weighted by Crippen LogP contribution is 2.18. The molecule has 3 aromatic carbocycles. The van der Waals surface area contributed by atoms with E-state index in [1.807, 2.05) is 74.8 Å². The lowest BCUT2D eigenvalue weighted by Gasteiger charge is -2.13. The van der Waals surface area contributed by atoms with Crippen LogP contribution in [0.5, 0.6) is 11.5 Å². The van der Waals surface area contributed by atoms with Gasteiger partial charge in [0.2, 0.25) is 5.91 Å². The normalized spacial score (nSPS) is 10.5. The number of carbonyl (C=O) groups is 2. The molecule has 0 atom stereocenters. The molecule has 0 aromatic heterocycles. The van der Waals surface area contributed by atoms with E-state index in [-0.39, 0.29) is 11.8 Å². The Bertz CT molecular complexity index is 1050. The summed E-state index contributed by atoms with van der Waals surface area (Å²) < 4.78 is 11.4. The number of hydrogen-bond donors (Lipinski definition) is 2. The summed E-state index contributed by atoms with van der Waals surface area (Å²) in [7, 11) is 3.67. The molecule has 0 unspecified atom stereocenters. The number of nitrogens with one attached hydrogen (secondary N) is 2. The average molecular weight is 448 g/mol. The van der Waals surface area contributed by atoms with Gasteiger partial charge >= 0.3 is 0 Å². The van der Waals surface area contributed by atoms with E-state index in [9.17, 15) is 9.59 Å². The van der Waals surface area contributed by atoms with E-state index >= 15 is 0 Å². The molecule has 0 bridgehead atoms. The van der Waals surface area contributed by atoms with Crippen molar-refractivity contribution in [3.05, 3.63) is 90.0 Å². The third kappa shape index (κ3) is 7.97. The van der Waals surface area contributed by atoms with Crippen LogP contribution in [0.1, 0.15) is 15.9 Å². The molecule has 0 spiro atoms. The Morgan fingerprint density at radius 1 is 0.848 bits per heavy atom. The second-order valence-corrected chi connectivity index (χ2v) is 7.68. The molecule has 0 saturated carbocycles. The fourth-order valence-corrected chi connectivity index (χ4v) is 3.13. The van der Waals surface area contributed by atoms with Gasteiger partial charge < -0.3 is 25.0 Å². The minimum Gasteiger partial charge on any atom is -0.490 e. The average Bonchev–Trinajstić information content (AvgIpc) is 2.81. The van der Waals surface area contributed by atoms with Gasteiger partial charge in [0.25, 0.3) is 5.91 Å². The summed E-state index contributed by atoms with van der Waals surface area (Å²) in [6, 6.07) is 24.0. The van der Waals surface area contributed by atoms with Crippen molar-refractivity contribution in [1.82, 2.24) is 10.2 Å². The van der Waals surface area contributed by atoms with Crippen LogP contribution in [0.3, 0.4) is 0 Å². The van der Waals surface area contributed by atoms with Gasteiger partial charge in [0.15, 0.2) is 0 Å². The van der Waals surface area contributed by atoms with Crippen molar-refractivity contribution in [3.63, 3.8) is 0 Å². The lowest BCUT2D eigenvalue weighted by Crippen LogP contribution is -2.27. The zero-order valence-electron chi connectivity index (χ0n) is 18.9. The van der Waals surface area contributed by atoms with Crippen LogP contribution in [0, 0.1) is 0 Å². The number of ether oxygens (including phenoxy) is 2. The molecular weight excluding hydrogens is 418 g/mol. The maximum absolute atomic E-state index is 12.8. The molecule has 7 heteroatoms. The maximum atomic E-state index is 12.8. The summed E-state index contributed by atoms with van der Waals surface area (Å²) in [5, 5.41) is 5.77. The molecule has 2 N–H and O–H groups in total. The lowest BCUT2D eigenvalue weighted by atomic mass is 10.1. The predicted octanol–water partition coefficient (Wildman–Crippen LogP) is 3.57. The van der Waals surface area contributed by atoms with Gasteiger partial charge in [0.05, 0.1) is 12.1 Å². The Hall–Kier alpha value is -3.84. The van der Waals surface area contributed by atoms with Gasteiger partial charge in [-0.3, -0.25) is 9.59 Å². The molecule has 0 heterocycles. The molecule has 0 aliphatic rings. The van der Waals surface area contributed by atoms with Crippen molar-refractivity contribution < 1.29 is 19.1 Å². The Balaban J connectivity index is 1.52. The summed E-state index contributed by atoms with van der Waals surface area (Å²) in [6.07, 6.45) is 0. The zero-order chi connectivity index (χ0) is 23.5. The van der Waals surface area contributed by atoms with Crippen LogP contribution in [0.2, 0.25) is 0 Å². The van der Waals surface area contributed by atoms with Gasteiger partial charge in [-0.1, -0.05) is 42.5 Å². The van der Waals surface area contributed by atoms with E-state index < -0.39 is 0 Å². The minimum absolute atomic E-state index is 0.0940. The Labute approximate surface area is 194 Å². The fraction of sp³-hybridized carbons (Fsp3) is 0.231. The first-order chi connectivity index (χ1) is 16.0. The highest BCUT2D eigenvalue weighted by Gasteiger charge is 2.12. The number of amides is 2. The van der Waals surface area contributed by atoms with Crippen molar-refractivity contribution in [2.45, 2.75) is 6.54 Å². The maximum Gasteiger partial charge on any atom is 0.255 e. The third-order valence-corrected chi connectivity index (χ3v) is 4.61. The number of benzene rings is 3. The molecule has 0 radical (unpaired) electrons. The number of nitrogens with zero attached hydrogens (tertiary/aromatic N) is 1. The molecule has 172 valence electrons. The topological polar surface area (TPSA) is 79.9 Å². The van der Waals surface area contributed by atoms with Crippen LogP contribution < -0.4 is 20.1 Å². The Morgan fingerprint density at radius 2 is 1.58 bits per heavy atom. The second-order valence-electron chi connectivity index (χ2n) is 7.68. The first kappa shape index (κ1) is 23.8. The summed E-state index contributed by atoms with van der Waals surface area (Å²) in [6.45, 7) is 1.30. The number of para-hydroxylation sites is 2. The van der Waals surface area contributed by atoms with Crippen LogP contribution >= 0.6 is 0 Å². The number of likely N-dealkylation sites (N-methyl/N-ethyl adjacent to an activating group) is 1. The van der Waals surface area contributed by atoms with E-state index in [1.54, 1.807) is 23.1 Å². The smallest absolute Gasteiger partial charge is 0.255 e. The van der Waals surface area contributed by atoms with Crippen LogP contribution in [0.25, 0.3) is 0 Å². The first-order valence-corrected chi connectivity index (χ1v) is 10.7. The molecule has 33 heavy (non-hydrogen) atoms. The number of anilines is 1. The van der Waals surface area contributed by atoms with E-state index in [2.05, 4.69) is 10.6 Å². The molecule has 0 fully saturated rings. The Kier molecular flexibility index (Phi) is 8.85. The largest absolute Gasteiger partial charge is 0.490 e. The van der Waals surface area contributed by atoms with Crippen molar-refractivity contribution in [2.24, 2.45) is 0 Å². The summed E-state index contributed by atoms with van der Waals surface area (Å²) >= 11 is 0. The molecule has 0 aliphatic carbocycles. The second kappa shape index (κ2) is 12.3. The van der Waals surface area contributed by atoms with Gasteiger partial charge in [-0.25, -0.2) is 0 Å². The zero-order valence-corrected chi connectivity index (χ0v) is 18.9. The van der Waals surface area contributed by atoms with E-state index in [4.69, 9.17) is 9.47 Å². The SMILES string of the molecule is CN(C)CC(=O)Nc1cccc(CNC(=O)c2ccccc2OCCOc2ccccc2)c1. The van der Waals surface area contributed by atoms with Crippen LogP contribution in [-0.4, -0.2) is 50.6 Å². The van der Waals surface area contributed by atoms with E-state index in [0.717, 1.165) is 11.3 Å². The van der Waals surface area contributed by atoms with Crippen molar-refractivity contribution in [2.75, 3.05) is 39.2 Å². The number of hydrogen-bond acceptors (Lipinski definition) is 5. The van der Waals surface area contributed by atoms with Crippen molar-refractivity contribution in [1.29, 1.82) is 0 Å². The molecule has 7 nitrogen and oxygen atoms in total. The predicted molar refractivity (Wildman–Crippen MR) is 129 cm³/mol. The van der Waals surface area contributed by atoms with Crippen molar-refractivity contribution >= 4 is 17.5 Å². The molecule has 2 amide bonds. The van der Waals surface area contributed by atoms with Gasteiger partial charge in [0.1, 0.15) is 24.7 Å². The van der Waals surface area contributed by atoms with Gasteiger partial charge in [0, 0.05) is 12.2 Å². The molecule has 3 aromatic rings. The molecule has 0 aliphatic heterocycles. The Morgan fingerprint density at radius 3 is 2.36 bits per heavy atom. The minimum atomic E-state index is -0.239. The summed E-state index contributed by atoms with van der Waals surface area (Å²) in [5.41, 5.74) is 2.02. The summed E-state index contributed by atoms with van der Waals surface area (Å²) in [5.74, 6) is 0.934. The number of rotatable bonds is 11. The summed E-state index contributed by atoms with van der Waals surface area (Å²) in [4.78, 5) is 26.5. The van der Waals surface area contributed by atoms with Crippen LogP contribution in [-0.2, 0) is 11.3 Å². The van der Waals surface area contributed by atoms with Crippen LogP contribution in [0.15, 0.2) is 78.9 Å². The quantitative estimate of drug-likeness (QED) is 0.439. The van der Waals surface area contributed by atoms with Crippen LogP contribution in [0.4, 0.5) is 5.69 Å².